The normalized spacial score (nSPS) is 26.7. The third-order valence-electron chi connectivity index (χ3n) is 6.87. The zero-order valence-electron chi connectivity index (χ0n) is 16.2. The molecule has 0 aromatic carbocycles. The average Bonchev–Trinajstić information content (AvgIpc) is 3.15. The van der Waals surface area contributed by atoms with E-state index < -0.39 is 0 Å². The third-order valence-corrected chi connectivity index (χ3v) is 6.87. The second-order valence-corrected chi connectivity index (χ2v) is 8.60. The standard InChI is InChI=1S/C22H31N3O2/c26-20(8-7-18-9-13-23-14-10-18)24-16-12-22(17-24)11-4-15-25(21(22)27)19-5-2-1-3-6-19/h9-10,13-14,19H,1-8,11-12,15-17H2/t22-/m0/s1. The highest BCUT2D eigenvalue weighted by Crippen LogP contribution is 2.42. The van der Waals surface area contributed by atoms with Crippen LogP contribution in [-0.4, -0.2) is 52.3 Å². The topological polar surface area (TPSA) is 53.5 Å². The van der Waals surface area contributed by atoms with Gasteiger partial charge < -0.3 is 9.80 Å². The molecule has 1 saturated carbocycles. The molecule has 0 unspecified atom stereocenters. The number of carbonyl (C=O) groups excluding carboxylic acids is 2. The highest BCUT2D eigenvalue weighted by atomic mass is 16.2. The molecule has 3 fully saturated rings. The van der Waals surface area contributed by atoms with Crippen molar-refractivity contribution in [2.75, 3.05) is 19.6 Å². The second-order valence-electron chi connectivity index (χ2n) is 8.60. The maximum absolute atomic E-state index is 13.4. The molecule has 3 aliphatic rings. The van der Waals surface area contributed by atoms with Crippen LogP contribution in [0.3, 0.4) is 0 Å². The number of nitrogens with zero attached hydrogens (tertiary/aromatic N) is 3. The van der Waals surface area contributed by atoms with Crippen molar-refractivity contribution in [2.45, 2.75) is 70.3 Å². The van der Waals surface area contributed by atoms with Gasteiger partial charge in [-0.3, -0.25) is 14.6 Å². The lowest BCUT2D eigenvalue weighted by Crippen LogP contribution is -2.54. The monoisotopic (exact) mass is 369 g/mol. The summed E-state index contributed by atoms with van der Waals surface area (Å²) in [6.07, 6.45) is 13.8. The quantitative estimate of drug-likeness (QED) is 0.819. The fraction of sp³-hybridized carbons (Fsp3) is 0.682. The highest BCUT2D eigenvalue weighted by molar-refractivity contribution is 5.86. The van der Waals surface area contributed by atoms with E-state index in [4.69, 9.17) is 0 Å². The van der Waals surface area contributed by atoms with Crippen LogP contribution in [0.5, 0.6) is 0 Å². The van der Waals surface area contributed by atoms with E-state index in [0.29, 0.717) is 24.9 Å². The van der Waals surface area contributed by atoms with E-state index in [0.717, 1.165) is 57.2 Å². The van der Waals surface area contributed by atoms with Crippen molar-refractivity contribution in [2.24, 2.45) is 5.41 Å². The molecule has 1 aliphatic carbocycles. The largest absolute Gasteiger partial charge is 0.342 e. The van der Waals surface area contributed by atoms with E-state index in [1.165, 1.54) is 19.3 Å². The zero-order chi connectivity index (χ0) is 18.7. The second kappa shape index (κ2) is 7.99. The van der Waals surface area contributed by atoms with Crippen molar-refractivity contribution in [1.82, 2.24) is 14.8 Å². The fourth-order valence-electron chi connectivity index (χ4n) is 5.26. The van der Waals surface area contributed by atoms with Crippen molar-refractivity contribution >= 4 is 11.8 Å². The van der Waals surface area contributed by atoms with Gasteiger partial charge in [0.15, 0.2) is 0 Å². The number of piperidine rings is 1. The Balaban J connectivity index is 1.36. The van der Waals surface area contributed by atoms with Gasteiger partial charge >= 0.3 is 0 Å². The van der Waals surface area contributed by atoms with Crippen LogP contribution in [0.1, 0.15) is 63.4 Å². The molecule has 2 aliphatic heterocycles. The SMILES string of the molecule is O=C(CCc1ccncc1)N1CC[C@@]2(CCCN(C3CCCCC3)C2=O)C1. The predicted octanol–water partition coefficient (Wildman–Crippen LogP) is 3.19. The molecule has 2 saturated heterocycles. The molecule has 146 valence electrons. The summed E-state index contributed by atoms with van der Waals surface area (Å²) in [5, 5.41) is 0. The fourth-order valence-corrected chi connectivity index (χ4v) is 5.26. The number of aromatic nitrogens is 1. The minimum atomic E-state index is -0.304. The van der Waals surface area contributed by atoms with Crippen LogP contribution >= 0.6 is 0 Å². The molecular weight excluding hydrogens is 338 g/mol. The first-order chi connectivity index (χ1) is 13.2. The molecule has 27 heavy (non-hydrogen) atoms. The van der Waals surface area contributed by atoms with Crippen molar-refractivity contribution in [3.63, 3.8) is 0 Å². The van der Waals surface area contributed by atoms with Gasteiger partial charge in [-0.1, -0.05) is 19.3 Å². The number of amides is 2. The molecule has 1 aromatic heterocycles. The molecule has 1 atom stereocenters. The van der Waals surface area contributed by atoms with Gasteiger partial charge in [-0.25, -0.2) is 0 Å². The Morgan fingerprint density at radius 3 is 2.63 bits per heavy atom. The number of carbonyl (C=O) groups is 2. The summed E-state index contributed by atoms with van der Waals surface area (Å²) in [5.74, 6) is 0.524. The number of hydrogen-bond acceptors (Lipinski definition) is 3. The summed E-state index contributed by atoms with van der Waals surface area (Å²) in [5.41, 5.74) is 0.839. The molecule has 5 nitrogen and oxygen atoms in total. The van der Waals surface area contributed by atoms with E-state index in [9.17, 15) is 9.59 Å². The van der Waals surface area contributed by atoms with Gasteiger partial charge in [0.05, 0.1) is 5.41 Å². The summed E-state index contributed by atoms with van der Waals surface area (Å²) in [7, 11) is 0. The first-order valence-electron chi connectivity index (χ1n) is 10.7. The van der Waals surface area contributed by atoms with Crippen LogP contribution in [0.4, 0.5) is 0 Å². The number of hydrogen-bond donors (Lipinski definition) is 0. The summed E-state index contributed by atoms with van der Waals surface area (Å²) < 4.78 is 0. The van der Waals surface area contributed by atoms with Gasteiger partial charge in [-0.2, -0.15) is 0 Å². The number of likely N-dealkylation sites (tertiary alicyclic amines) is 2. The Hall–Kier alpha value is -1.91. The average molecular weight is 370 g/mol. The lowest BCUT2D eigenvalue weighted by Gasteiger charge is -2.44. The summed E-state index contributed by atoms with van der Waals surface area (Å²) in [4.78, 5) is 34.3. The summed E-state index contributed by atoms with van der Waals surface area (Å²) in [6.45, 7) is 2.28. The molecule has 2 amide bonds. The van der Waals surface area contributed by atoms with Crippen LogP contribution in [0.2, 0.25) is 0 Å². The lowest BCUT2D eigenvalue weighted by molar-refractivity contribution is -0.149. The molecule has 5 heteroatoms. The molecule has 3 heterocycles. The van der Waals surface area contributed by atoms with Gasteiger partial charge in [0, 0.05) is 44.5 Å². The van der Waals surface area contributed by atoms with Gasteiger partial charge in [0.25, 0.3) is 0 Å². The molecule has 0 bridgehead atoms. The third kappa shape index (κ3) is 3.87. The van der Waals surface area contributed by atoms with Gasteiger partial charge in [0.2, 0.25) is 11.8 Å². The lowest BCUT2D eigenvalue weighted by atomic mass is 9.77. The van der Waals surface area contributed by atoms with E-state index in [2.05, 4.69) is 9.88 Å². The maximum atomic E-state index is 13.4. The Morgan fingerprint density at radius 1 is 1.07 bits per heavy atom. The van der Waals surface area contributed by atoms with Crippen LogP contribution < -0.4 is 0 Å². The van der Waals surface area contributed by atoms with Crippen molar-refractivity contribution < 1.29 is 9.59 Å². The molecule has 1 aromatic rings. The summed E-state index contributed by atoms with van der Waals surface area (Å²) >= 11 is 0. The van der Waals surface area contributed by atoms with Crippen LogP contribution in [0.15, 0.2) is 24.5 Å². The maximum Gasteiger partial charge on any atom is 0.230 e. The van der Waals surface area contributed by atoms with Gasteiger partial charge in [-0.15, -0.1) is 0 Å². The first kappa shape index (κ1) is 18.5. The molecular formula is C22H31N3O2. The van der Waals surface area contributed by atoms with Crippen molar-refractivity contribution in [3.8, 4) is 0 Å². The van der Waals surface area contributed by atoms with E-state index in [1.54, 1.807) is 12.4 Å². The Morgan fingerprint density at radius 2 is 1.85 bits per heavy atom. The van der Waals surface area contributed by atoms with Crippen LogP contribution in [-0.2, 0) is 16.0 Å². The van der Waals surface area contributed by atoms with E-state index in [1.807, 2.05) is 17.0 Å². The zero-order valence-corrected chi connectivity index (χ0v) is 16.2. The van der Waals surface area contributed by atoms with E-state index in [-0.39, 0.29) is 11.3 Å². The summed E-state index contributed by atoms with van der Waals surface area (Å²) in [6, 6.07) is 4.37. The minimum Gasteiger partial charge on any atom is -0.342 e. The minimum absolute atomic E-state index is 0.186. The van der Waals surface area contributed by atoms with Crippen molar-refractivity contribution in [3.05, 3.63) is 30.1 Å². The Bertz CT molecular complexity index is 671. The number of aryl methyl sites for hydroxylation is 1. The number of pyridine rings is 1. The predicted molar refractivity (Wildman–Crippen MR) is 104 cm³/mol. The first-order valence-corrected chi connectivity index (χ1v) is 10.7. The highest BCUT2D eigenvalue weighted by Gasteiger charge is 2.50. The number of rotatable bonds is 4. The molecule has 4 rings (SSSR count). The van der Waals surface area contributed by atoms with Crippen LogP contribution in [0.25, 0.3) is 0 Å². The van der Waals surface area contributed by atoms with Crippen LogP contribution in [0, 0.1) is 5.41 Å². The molecule has 1 spiro atoms. The molecule has 0 N–H and O–H groups in total. The Kier molecular flexibility index (Phi) is 5.46. The van der Waals surface area contributed by atoms with Gasteiger partial charge in [-0.05, 0) is 56.2 Å². The molecule has 0 radical (unpaired) electrons. The van der Waals surface area contributed by atoms with Gasteiger partial charge in [0.1, 0.15) is 0 Å². The smallest absolute Gasteiger partial charge is 0.230 e. The Labute approximate surface area is 162 Å². The van der Waals surface area contributed by atoms with E-state index >= 15 is 0 Å². The van der Waals surface area contributed by atoms with Crippen molar-refractivity contribution in [1.29, 1.82) is 0 Å².